The van der Waals surface area contributed by atoms with E-state index in [1.54, 1.807) is 17.4 Å². The first-order chi connectivity index (χ1) is 13.0. The van der Waals surface area contributed by atoms with Gasteiger partial charge in [0.05, 0.1) is 17.5 Å². The van der Waals surface area contributed by atoms with Crippen molar-refractivity contribution in [3.05, 3.63) is 91.6 Å². The number of nitro groups is 1. The van der Waals surface area contributed by atoms with Crippen molar-refractivity contribution in [1.82, 2.24) is 5.32 Å². The van der Waals surface area contributed by atoms with Gasteiger partial charge in [-0.15, -0.1) is 11.3 Å². The zero-order valence-corrected chi connectivity index (χ0v) is 15.7. The maximum atomic E-state index is 12.5. The lowest BCUT2D eigenvalue weighted by Gasteiger charge is -2.18. The summed E-state index contributed by atoms with van der Waals surface area (Å²) in [5.74, 6) is -0.227. The minimum atomic E-state index is -0.560. The fourth-order valence-corrected chi connectivity index (χ4v) is 3.57. The topological polar surface area (TPSA) is 84.3 Å². The lowest BCUT2D eigenvalue weighted by atomic mass is 10.1. The normalized spacial score (nSPS) is 11.6. The predicted octanol–water partition coefficient (Wildman–Crippen LogP) is 4.63. The summed E-state index contributed by atoms with van der Waals surface area (Å²) in [4.78, 5) is 23.9. The number of hydrogen-bond donors (Lipinski definition) is 2. The molecule has 1 amide bonds. The van der Waals surface area contributed by atoms with Crippen LogP contribution in [0, 0.1) is 10.1 Å². The number of halogens is 1. The highest BCUT2D eigenvalue weighted by Crippen LogP contribution is 2.28. The zero-order chi connectivity index (χ0) is 19.2. The first kappa shape index (κ1) is 18.9. The van der Waals surface area contributed by atoms with Crippen LogP contribution in [0.1, 0.15) is 16.5 Å². The number of hydrogen-bond acceptors (Lipinski definition) is 5. The van der Waals surface area contributed by atoms with Crippen molar-refractivity contribution in [2.24, 2.45) is 0 Å². The van der Waals surface area contributed by atoms with Crippen LogP contribution in [0.5, 0.6) is 0 Å². The molecule has 1 atom stereocenters. The molecule has 8 heteroatoms. The standard InChI is InChI=1S/C19H16ClN3O3S/c20-15-9-8-14(11-16(15)23(25)26)21-12-18(24)22-19(17-7-4-10-27-17)13-5-2-1-3-6-13/h1-11,19,21H,12H2,(H,22,24)/t19-/m1/s1. The van der Waals surface area contributed by atoms with Crippen molar-refractivity contribution >= 4 is 40.2 Å². The van der Waals surface area contributed by atoms with Crippen LogP contribution in [0.2, 0.25) is 5.02 Å². The van der Waals surface area contributed by atoms with Crippen molar-refractivity contribution in [2.45, 2.75) is 6.04 Å². The van der Waals surface area contributed by atoms with Gasteiger partial charge in [-0.2, -0.15) is 0 Å². The molecule has 0 saturated heterocycles. The van der Waals surface area contributed by atoms with Gasteiger partial charge < -0.3 is 10.6 Å². The number of nitro benzene ring substituents is 1. The summed E-state index contributed by atoms with van der Waals surface area (Å²) in [7, 11) is 0. The third kappa shape index (κ3) is 4.84. The average Bonchev–Trinajstić information content (AvgIpc) is 3.20. The molecule has 0 unspecified atom stereocenters. The Labute approximate surface area is 164 Å². The Morgan fingerprint density at radius 3 is 2.59 bits per heavy atom. The Hall–Kier alpha value is -2.90. The second kappa shape index (κ2) is 8.66. The second-order valence-electron chi connectivity index (χ2n) is 5.70. The van der Waals surface area contributed by atoms with Crippen molar-refractivity contribution in [3.8, 4) is 0 Å². The van der Waals surface area contributed by atoms with E-state index in [9.17, 15) is 14.9 Å². The molecule has 0 radical (unpaired) electrons. The summed E-state index contributed by atoms with van der Waals surface area (Å²) >= 11 is 7.36. The quantitative estimate of drug-likeness (QED) is 0.446. The van der Waals surface area contributed by atoms with Crippen LogP contribution < -0.4 is 10.6 Å². The number of benzene rings is 2. The van der Waals surface area contributed by atoms with Crippen LogP contribution in [-0.4, -0.2) is 17.4 Å². The highest BCUT2D eigenvalue weighted by molar-refractivity contribution is 7.10. The van der Waals surface area contributed by atoms with E-state index in [1.807, 2.05) is 47.8 Å². The number of nitrogens with zero attached hydrogens (tertiary/aromatic N) is 1. The van der Waals surface area contributed by atoms with E-state index < -0.39 is 4.92 Å². The van der Waals surface area contributed by atoms with Gasteiger partial charge in [0.25, 0.3) is 5.69 Å². The van der Waals surface area contributed by atoms with E-state index in [2.05, 4.69) is 10.6 Å². The summed E-state index contributed by atoms with van der Waals surface area (Å²) in [5, 5.41) is 18.9. The number of nitrogens with one attached hydrogen (secondary N) is 2. The third-order valence-corrected chi connectivity index (χ3v) is 5.12. The van der Waals surface area contributed by atoms with E-state index in [1.165, 1.54) is 12.1 Å². The van der Waals surface area contributed by atoms with Crippen LogP contribution in [0.4, 0.5) is 11.4 Å². The fraction of sp³-hybridized carbons (Fsp3) is 0.105. The first-order valence-corrected chi connectivity index (χ1v) is 9.36. The summed E-state index contributed by atoms with van der Waals surface area (Å²) in [6, 6.07) is 17.7. The van der Waals surface area contributed by atoms with Gasteiger partial charge in [0.2, 0.25) is 5.91 Å². The van der Waals surface area contributed by atoms with Crippen molar-refractivity contribution in [2.75, 3.05) is 11.9 Å². The van der Waals surface area contributed by atoms with Gasteiger partial charge in [0.15, 0.2) is 0 Å². The Bertz CT molecular complexity index is 933. The molecule has 0 bridgehead atoms. The second-order valence-corrected chi connectivity index (χ2v) is 7.09. The molecule has 0 fully saturated rings. The lowest BCUT2D eigenvalue weighted by Crippen LogP contribution is -2.33. The molecule has 0 saturated carbocycles. The molecule has 0 aliphatic heterocycles. The molecule has 3 rings (SSSR count). The molecule has 0 aliphatic carbocycles. The van der Waals surface area contributed by atoms with Gasteiger partial charge in [-0.25, -0.2) is 0 Å². The highest BCUT2D eigenvalue weighted by atomic mass is 35.5. The van der Waals surface area contributed by atoms with Crippen molar-refractivity contribution < 1.29 is 9.72 Å². The van der Waals surface area contributed by atoms with E-state index in [4.69, 9.17) is 11.6 Å². The summed E-state index contributed by atoms with van der Waals surface area (Å²) < 4.78 is 0. The summed E-state index contributed by atoms with van der Waals surface area (Å²) in [6.07, 6.45) is 0. The third-order valence-electron chi connectivity index (χ3n) is 3.86. The van der Waals surface area contributed by atoms with Crippen molar-refractivity contribution in [1.29, 1.82) is 0 Å². The summed E-state index contributed by atoms with van der Waals surface area (Å²) in [6.45, 7) is -0.0203. The molecule has 0 spiro atoms. The average molecular weight is 402 g/mol. The van der Waals surface area contributed by atoms with Gasteiger partial charge in [-0.1, -0.05) is 48.0 Å². The molecule has 2 N–H and O–H groups in total. The van der Waals surface area contributed by atoms with E-state index in [0.29, 0.717) is 5.69 Å². The number of anilines is 1. The number of thiophene rings is 1. The minimum absolute atomic E-state index is 0.0203. The number of carbonyl (C=O) groups excluding carboxylic acids is 1. The molecular weight excluding hydrogens is 386 g/mol. The van der Waals surface area contributed by atoms with Crippen LogP contribution in [0.3, 0.4) is 0 Å². The molecule has 6 nitrogen and oxygen atoms in total. The van der Waals surface area contributed by atoms with Gasteiger partial charge in [0.1, 0.15) is 5.02 Å². The van der Waals surface area contributed by atoms with Gasteiger partial charge >= 0.3 is 0 Å². The molecular formula is C19H16ClN3O3S. The predicted molar refractivity (Wildman–Crippen MR) is 107 cm³/mol. The van der Waals surface area contributed by atoms with Crippen LogP contribution in [0.25, 0.3) is 0 Å². The molecule has 1 aromatic heterocycles. The Kier molecular flexibility index (Phi) is 6.05. The van der Waals surface area contributed by atoms with Crippen molar-refractivity contribution in [3.63, 3.8) is 0 Å². The SMILES string of the molecule is O=C(CNc1ccc(Cl)c([N+](=O)[O-])c1)N[C@H](c1ccccc1)c1cccs1. The molecule has 2 aromatic carbocycles. The van der Waals surface area contributed by atoms with Crippen LogP contribution in [0.15, 0.2) is 66.0 Å². The molecule has 3 aromatic rings. The lowest BCUT2D eigenvalue weighted by molar-refractivity contribution is -0.384. The number of carbonyl (C=O) groups is 1. The van der Waals surface area contributed by atoms with Crippen LogP contribution in [-0.2, 0) is 4.79 Å². The maximum absolute atomic E-state index is 12.5. The Balaban J connectivity index is 1.69. The van der Waals surface area contributed by atoms with Gasteiger partial charge in [-0.05, 0) is 29.1 Å². The highest BCUT2D eigenvalue weighted by Gasteiger charge is 2.18. The first-order valence-electron chi connectivity index (χ1n) is 8.10. The fourth-order valence-electron chi connectivity index (χ4n) is 2.58. The van der Waals surface area contributed by atoms with E-state index >= 15 is 0 Å². The zero-order valence-electron chi connectivity index (χ0n) is 14.1. The molecule has 138 valence electrons. The van der Waals surface area contributed by atoms with Gasteiger partial charge in [0, 0.05) is 16.6 Å². The molecule has 0 aliphatic rings. The monoisotopic (exact) mass is 401 g/mol. The van der Waals surface area contributed by atoms with E-state index in [0.717, 1.165) is 10.4 Å². The molecule has 27 heavy (non-hydrogen) atoms. The largest absolute Gasteiger partial charge is 0.376 e. The Morgan fingerprint density at radius 2 is 1.93 bits per heavy atom. The number of amides is 1. The maximum Gasteiger partial charge on any atom is 0.289 e. The van der Waals surface area contributed by atoms with E-state index in [-0.39, 0.29) is 29.2 Å². The Morgan fingerprint density at radius 1 is 1.15 bits per heavy atom. The minimum Gasteiger partial charge on any atom is -0.376 e. The van der Waals surface area contributed by atoms with Crippen LogP contribution >= 0.6 is 22.9 Å². The number of rotatable bonds is 7. The molecule has 1 heterocycles. The van der Waals surface area contributed by atoms with Gasteiger partial charge in [-0.3, -0.25) is 14.9 Å². The summed E-state index contributed by atoms with van der Waals surface area (Å²) in [5.41, 5.74) is 1.23. The smallest absolute Gasteiger partial charge is 0.289 e.